The molecule has 1 aliphatic rings. The highest BCUT2D eigenvalue weighted by Crippen LogP contribution is 2.40. The number of carbonyl (C=O) groups excluding carboxylic acids is 2. The topological polar surface area (TPSA) is 91.4 Å². The molecule has 1 fully saturated rings. The van der Waals surface area contributed by atoms with Crippen molar-refractivity contribution in [2.24, 2.45) is 0 Å². The van der Waals surface area contributed by atoms with E-state index in [4.69, 9.17) is 11.6 Å². The van der Waals surface area contributed by atoms with Crippen molar-refractivity contribution in [3.63, 3.8) is 0 Å². The van der Waals surface area contributed by atoms with E-state index in [0.717, 1.165) is 33.7 Å². The molecule has 0 saturated carbocycles. The number of urea groups is 1. The lowest BCUT2D eigenvalue weighted by molar-refractivity contribution is -0.118. The van der Waals surface area contributed by atoms with E-state index < -0.39 is 25.0 Å². The van der Waals surface area contributed by atoms with E-state index in [0.29, 0.717) is 13.0 Å². The van der Waals surface area contributed by atoms with Crippen LogP contribution in [0.25, 0.3) is 11.1 Å². The van der Waals surface area contributed by atoms with Crippen LogP contribution in [0.15, 0.2) is 54.7 Å². The smallest absolute Gasteiger partial charge is 0.321 e. The number of anilines is 2. The molecule has 0 radical (unpaired) electrons. The van der Waals surface area contributed by atoms with E-state index in [2.05, 4.69) is 29.5 Å². The molecular formula is C27H29ClFN4O3P. The van der Waals surface area contributed by atoms with E-state index in [9.17, 15) is 18.5 Å². The first-order valence-corrected chi connectivity index (χ1v) is 14.9. The number of rotatable bonds is 6. The maximum atomic E-state index is 14.0. The molecule has 7 nitrogen and oxygen atoms in total. The Morgan fingerprint density at radius 1 is 1.19 bits per heavy atom. The highest BCUT2D eigenvalue weighted by Gasteiger charge is 2.35. The fraction of sp³-hybridized carbons (Fsp3) is 0.296. The summed E-state index contributed by atoms with van der Waals surface area (Å²) in [5.41, 5.74) is 3.59. The van der Waals surface area contributed by atoms with Crippen molar-refractivity contribution in [2.75, 3.05) is 30.1 Å². The molecule has 194 valence electrons. The monoisotopic (exact) mass is 542 g/mol. The van der Waals surface area contributed by atoms with E-state index >= 15 is 0 Å². The molecule has 10 heteroatoms. The van der Waals surface area contributed by atoms with Crippen molar-refractivity contribution in [2.45, 2.75) is 32.2 Å². The van der Waals surface area contributed by atoms with Crippen LogP contribution in [0.4, 0.5) is 20.7 Å². The Balaban J connectivity index is 1.56. The number of hydrogen-bond donors (Lipinski definition) is 2. The Morgan fingerprint density at radius 2 is 1.92 bits per heavy atom. The number of carbonyl (C=O) groups is 2. The lowest BCUT2D eigenvalue weighted by Gasteiger charge is -2.24. The molecule has 1 atom stereocenters. The van der Waals surface area contributed by atoms with Gasteiger partial charge in [-0.05, 0) is 60.6 Å². The van der Waals surface area contributed by atoms with Gasteiger partial charge in [0.2, 0.25) is 5.91 Å². The summed E-state index contributed by atoms with van der Waals surface area (Å²) in [6.07, 6.45) is 1.62. The first-order chi connectivity index (χ1) is 17.5. The van der Waals surface area contributed by atoms with Crippen molar-refractivity contribution in [3.05, 3.63) is 71.1 Å². The molecule has 0 aliphatic carbocycles. The second-order valence-corrected chi connectivity index (χ2v) is 13.3. The minimum absolute atomic E-state index is 0.110. The molecule has 0 spiro atoms. The normalized spacial score (nSPS) is 15.8. The minimum Gasteiger partial charge on any atom is -0.326 e. The zero-order chi connectivity index (χ0) is 26.9. The number of halogens is 2. The van der Waals surface area contributed by atoms with Gasteiger partial charge in [-0.25, -0.2) is 14.2 Å². The van der Waals surface area contributed by atoms with Crippen molar-refractivity contribution in [1.82, 2.24) is 10.3 Å². The highest BCUT2D eigenvalue weighted by atomic mass is 35.5. The summed E-state index contributed by atoms with van der Waals surface area (Å²) < 4.78 is 26.9. The second kappa shape index (κ2) is 10.6. The lowest BCUT2D eigenvalue weighted by Crippen LogP contribution is -2.43. The van der Waals surface area contributed by atoms with Crippen molar-refractivity contribution in [1.29, 1.82) is 0 Å². The van der Waals surface area contributed by atoms with Gasteiger partial charge < -0.3 is 14.8 Å². The fourth-order valence-corrected chi connectivity index (χ4v) is 5.85. The molecule has 1 saturated heterocycles. The largest absolute Gasteiger partial charge is 0.326 e. The SMILES string of the molecule is CC(C)c1cc(-c2ccccc2P(C)(C)=O)ccc1N1CC[C@@H](NC(=O)Nc2ncc(Cl)cc2F)C1=O. The zero-order valence-electron chi connectivity index (χ0n) is 21.1. The van der Waals surface area contributed by atoms with E-state index in [1.54, 1.807) is 18.2 Å². The molecule has 0 bridgehead atoms. The Labute approximate surface area is 220 Å². The van der Waals surface area contributed by atoms with Crippen LogP contribution in [-0.4, -0.2) is 42.8 Å². The molecule has 2 heterocycles. The van der Waals surface area contributed by atoms with Crippen LogP contribution in [0, 0.1) is 5.82 Å². The fourth-order valence-electron chi connectivity index (χ4n) is 4.48. The van der Waals surface area contributed by atoms with Gasteiger partial charge in [0, 0.05) is 23.7 Å². The van der Waals surface area contributed by atoms with Gasteiger partial charge in [-0.2, -0.15) is 0 Å². The first kappa shape index (κ1) is 26.8. The molecule has 0 unspecified atom stereocenters. The van der Waals surface area contributed by atoms with Crippen LogP contribution in [0.5, 0.6) is 0 Å². The number of hydrogen-bond acceptors (Lipinski definition) is 4. The van der Waals surface area contributed by atoms with Crippen LogP contribution in [0.3, 0.4) is 0 Å². The summed E-state index contributed by atoms with van der Waals surface area (Å²) in [6.45, 7) is 8.04. The zero-order valence-corrected chi connectivity index (χ0v) is 22.7. The van der Waals surface area contributed by atoms with Gasteiger partial charge >= 0.3 is 6.03 Å². The van der Waals surface area contributed by atoms with Gasteiger partial charge in [-0.1, -0.05) is 55.8 Å². The van der Waals surface area contributed by atoms with Gasteiger partial charge in [0.05, 0.1) is 5.02 Å². The van der Waals surface area contributed by atoms with Gasteiger partial charge in [0.25, 0.3) is 0 Å². The summed E-state index contributed by atoms with van der Waals surface area (Å²) in [5, 5.41) is 5.87. The molecule has 2 aromatic carbocycles. The average molecular weight is 543 g/mol. The Kier molecular flexibility index (Phi) is 7.72. The van der Waals surface area contributed by atoms with Gasteiger partial charge in [-0.3, -0.25) is 10.1 Å². The average Bonchev–Trinajstić information content (AvgIpc) is 3.19. The van der Waals surface area contributed by atoms with Crippen LogP contribution in [0.1, 0.15) is 31.7 Å². The quantitative estimate of drug-likeness (QED) is 0.383. The van der Waals surface area contributed by atoms with Gasteiger partial charge in [0.15, 0.2) is 11.6 Å². The molecule has 3 aromatic rings. The molecule has 37 heavy (non-hydrogen) atoms. The van der Waals surface area contributed by atoms with Crippen LogP contribution < -0.4 is 20.8 Å². The van der Waals surface area contributed by atoms with Crippen molar-refractivity contribution in [3.8, 4) is 11.1 Å². The maximum absolute atomic E-state index is 14.0. The van der Waals surface area contributed by atoms with Crippen LogP contribution in [-0.2, 0) is 9.36 Å². The third-order valence-corrected chi connectivity index (χ3v) is 8.04. The third kappa shape index (κ3) is 5.86. The molecule has 4 rings (SSSR count). The highest BCUT2D eigenvalue weighted by molar-refractivity contribution is 7.70. The summed E-state index contributed by atoms with van der Waals surface area (Å²) in [4.78, 5) is 31.1. The van der Waals surface area contributed by atoms with E-state index in [-0.39, 0.29) is 22.7 Å². The molecule has 1 aromatic heterocycles. The third-order valence-electron chi connectivity index (χ3n) is 6.29. The lowest BCUT2D eigenvalue weighted by atomic mass is 9.95. The molecule has 2 N–H and O–H groups in total. The number of benzene rings is 2. The molecule has 3 amide bonds. The predicted octanol–water partition coefficient (Wildman–Crippen LogP) is 5.84. The number of aromatic nitrogens is 1. The van der Waals surface area contributed by atoms with Crippen molar-refractivity contribution < 1.29 is 18.5 Å². The number of nitrogens with zero attached hydrogens (tertiary/aromatic N) is 2. The van der Waals surface area contributed by atoms with Gasteiger partial charge in [0.1, 0.15) is 13.2 Å². The predicted molar refractivity (Wildman–Crippen MR) is 147 cm³/mol. The van der Waals surface area contributed by atoms with Crippen molar-refractivity contribution >= 4 is 47.5 Å². The van der Waals surface area contributed by atoms with E-state index in [1.165, 1.54) is 6.20 Å². The summed E-state index contributed by atoms with van der Waals surface area (Å²) in [6, 6.07) is 13.1. The Bertz CT molecular complexity index is 1410. The molecular weight excluding hydrogens is 514 g/mol. The Hall–Kier alpha value is -3.22. The maximum Gasteiger partial charge on any atom is 0.321 e. The summed E-state index contributed by atoms with van der Waals surface area (Å²) in [7, 11) is -2.50. The standard InChI is InChI=1S/C27H29ClFN4O3P/c1-16(2)20-13-17(19-7-5-6-8-24(19)37(3,4)36)9-10-23(20)33-12-11-22(26(33)34)31-27(35)32-25-21(29)14-18(28)15-30-25/h5-10,13-16,22H,11-12H2,1-4H3,(H2,30,31,32,35)/t22-/m1/s1. The second-order valence-electron chi connectivity index (χ2n) is 9.71. The number of nitrogens with one attached hydrogen (secondary N) is 2. The van der Waals surface area contributed by atoms with Crippen LogP contribution >= 0.6 is 18.7 Å². The summed E-state index contributed by atoms with van der Waals surface area (Å²) in [5.74, 6) is -1.18. The number of pyridine rings is 1. The Morgan fingerprint density at radius 3 is 2.59 bits per heavy atom. The number of amides is 3. The minimum atomic E-state index is -2.50. The molecule has 1 aliphatic heterocycles. The van der Waals surface area contributed by atoms with Gasteiger partial charge in [-0.15, -0.1) is 0 Å². The first-order valence-electron chi connectivity index (χ1n) is 11.9. The summed E-state index contributed by atoms with van der Waals surface area (Å²) >= 11 is 5.70. The van der Waals surface area contributed by atoms with Crippen LogP contribution in [0.2, 0.25) is 5.02 Å². The van der Waals surface area contributed by atoms with E-state index in [1.807, 2.05) is 42.5 Å².